The second-order valence-corrected chi connectivity index (χ2v) is 7.99. The third-order valence-corrected chi connectivity index (χ3v) is 5.88. The van der Waals surface area contributed by atoms with Crippen LogP contribution in [0.25, 0.3) is 11.3 Å². The third kappa shape index (κ3) is 3.27. The molecule has 1 aromatic heterocycles. The van der Waals surface area contributed by atoms with Crippen LogP contribution in [-0.4, -0.2) is 23.2 Å². The Morgan fingerprint density at radius 2 is 1.65 bits per heavy atom. The van der Waals surface area contributed by atoms with E-state index in [0.717, 1.165) is 33.8 Å². The minimum atomic E-state index is -0.329. The van der Waals surface area contributed by atoms with Crippen LogP contribution in [0, 0.1) is 6.92 Å². The van der Waals surface area contributed by atoms with Gasteiger partial charge in [-0.1, -0.05) is 53.6 Å². The fraction of sp³-hybridized carbons (Fsp3) is 0.120. The van der Waals surface area contributed by atoms with Crippen molar-refractivity contribution in [2.75, 3.05) is 12.0 Å². The van der Waals surface area contributed by atoms with Crippen molar-refractivity contribution in [1.29, 1.82) is 0 Å². The molecule has 1 amide bonds. The van der Waals surface area contributed by atoms with Gasteiger partial charge in [0.15, 0.2) is 0 Å². The molecule has 1 aliphatic heterocycles. The molecule has 1 N–H and O–H groups in total. The van der Waals surface area contributed by atoms with Gasteiger partial charge in [0, 0.05) is 21.8 Å². The first kappa shape index (κ1) is 19.4. The quantitative estimate of drug-likeness (QED) is 0.446. The molecule has 2 heterocycles. The van der Waals surface area contributed by atoms with E-state index in [1.54, 1.807) is 24.1 Å². The van der Waals surface area contributed by atoms with Gasteiger partial charge in [0.05, 0.1) is 18.8 Å². The van der Waals surface area contributed by atoms with Crippen LogP contribution in [0.5, 0.6) is 5.75 Å². The Morgan fingerprint density at radius 1 is 0.968 bits per heavy atom. The zero-order valence-electron chi connectivity index (χ0n) is 17.1. The predicted octanol–water partition coefficient (Wildman–Crippen LogP) is 5.80. The van der Waals surface area contributed by atoms with Crippen LogP contribution < -0.4 is 9.64 Å². The Labute approximate surface area is 185 Å². The highest BCUT2D eigenvalue weighted by atomic mass is 35.5. The molecule has 154 valence electrons. The van der Waals surface area contributed by atoms with Crippen LogP contribution in [0.15, 0.2) is 72.8 Å². The van der Waals surface area contributed by atoms with Crippen LogP contribution in [0.1, 0.15) is 33.2 Å². The number of benzene rings is 3. The van der Waals surface area contributed by atoms with E-state index in [4.69, 9.17) is 16.3 Å². The van der Waals surface area contributed by atoms with Crippen molar-refractivity contribution in [3.8, 4) is 17.0 Å². The predicted molar refractivity (Wildman–Crippen MR) is 122 cm³/mol. The number of rotatable bonds is 4. The molecule has 0 aliphatic carbocycles. The summed E-state index contributed by atoms with van der Waals surface area (Å²) >= 11 is 6.09. The molecule has 0 spiro atoms. The molecule has 5 nitrogen and oxygen atoms in total. The summed E-state index contributed by atoms with van der Waals surface area (Å²) < 4.78 is 5.32. The van der Waals surface area contributed by atoms with Gasteiger partial charge in [0.25, 0.3) is 5.91 Å². The Kier molecular flexibility index (Phi) is 4.75. The maximum atomic E-state index is 13.5. The molecule has 31 heavy (non-hydrogen) atoms. The van der Waals surface area contributed by atoms with E-state index in [-0.39, 0.29) is 11.9 Å². The van der Waals surface area contributed by atoms with Crippen LogP contribution >= 0.6 is 11.6 Å². The van der Waals surface area contributed by atoms with E-state index in [1.165, 1.54) is 5.56 Å². The van der Waals surface area contributed by atoms with E-state index in [1.807, 2.05) is 67.6 Å². The first-order valence-corrected chi connectivity index (χ1v) is 10.3. The average Bonchev–Trinajstić information content (AvgIpc) is 3.34. The number of nitrogens with one attached hydrogen (secondary N) is 1. The van der Waals surface area contributed by atoms with Crippen molar-refractivity contribution in [2.45, 2.75) is 13.0 Å². The van der Waals surface area contributed by atoms with E-state index in [2.05, 4.69) is 10.2 Å². The number of methoxy groups -OCH3 is 1. The summed E-state index contributed by atoms with van der Waals surface area (Å²) in [6.45, 7) is 2.05. The lowest BCUT2D eigenvalue weighted by molar-refractivity contribution is 0.0989. The average molecular weight is 430 g/mol. The summed E-state index contributed by atoms with van der Waals surface area (Å²) in [5.74, 6) is 0.640. The first-order valence-electron chi connectivity index (χ1n) is 9.95. The number of aromatic nitrogens is 2. The molecule has 6 heteroatoms. The highest BCUT2D eigenvalue weighted by molar-refractivity contribution is 6.30. The topological polar surface area (TPSA) is 58.2 Å². The molecule has 1 atom stereocenters. The molecule has 5 rings (SSSR count). The summed E-state index contributed by atoms with van der Waals surface area (Å²) in [5.41, 5.74) is 6.03. The van der Waals surface area contributed by atoms with Crippen LogP contribution in [0.4, 0.5) is 5.69 Å². The van der Waals surface area contributed by atoms with E-state index < -0.39 is 0 Å². The summed E-state index contributed by atoms with van der Waals surface area (Å²) in [5, 5.41) is 8.13. The smallest absolute Gasteiger partial charge is 0.277 e. The number of carbonyl (C=O) groups is 1. The Bertz CT molecular complexity index is 1250. The molecule has 0 saturated carbocycles. The Morgan fingerprint density at radius 3 is 2.29 bits per heavy atom. The van der Waals surface area contributed by atoms with Crippen molar-refractivity contribution in [2.24, 2.45) is 0 Å². The number of nitrogens with zero attached hydrogens (tertiary/aromatic N) is 2. The van der Waals surface area contributed by atoms with Crippen molar-refractivity contribution in [3.05, 3.63) is 100 Å². The zero-order valence-corrected chi connectivity index (χ0v) is 17.9. The zero-order chi connectivity index (χ0) is 21.5. The maximum absolute atomic E-state index is 13.5. The molecule has 0 unspecified atom stereocenters. The van der Waals surface area contributed by atoms with Gasteiger partial charge in [-0.2, -0.15) is 5.10 Å². The van der Waals surface area contributed by atoms with Crippen molar-refractivity contribution in [1.82, 2.24) is 10.2 Å². The normalized spacial score (nSPS) is 15.3. The Hall–Kier alpha value is -3.57. The molecule has 0 radical (unpaired) electrons. The van der Waals surface area contributed by atoms with Gasteiger partial charge >= 0.3 is 0 Å². The third-order valence-electron chi connectivity index (χ3n) is 5.63. The number of anilines is 1. The van der Waals surface area contributed by atoms with Crippen molar-refractivity contribution >= 4 is 23.2 Å². The van der Waals surface area contributed by atoms with Crippen molar-refractivity contribution < 1.29 is 9.53 Å². The molecule has 3 aromatic carbocycles. The lowest BCUT2D eigenvalue weighted by Crippen LogP contribution is -2.29. The molecule has 4 aromatic rings. The van der Waals surface area contributed by atoms with Crippen LogP contribution in [0.2, 0.25) is 5.02 Å². The highest BCUT2D eigenvalue weighted by Crippen LogP contribution is 2.45. The lowest BCUT2D eigenvalue weighted by Gasteiger charge is -2.26. The highest BCUT2D eigenvalue weighted by Gasteiger charge is 2.43. The molecular formula is C25H20ClN3O2. The molecule has 0 bridgehead atoms. The fourth-order valence-corrected chi connectivity index (χ4v) is 4.17. The van der Waals surface area contributed by atoms with E-state index in [9.17, 15) is 4.79 Å². The number of H-pyrrole nitrogens is 1. The summed E-state index contributed by atoms with van der Waals surface area (Å²) in [6.07, 6.45) is 0. The van der Waals surface area contributed by atoms with Gasteiger partial charge in [-0.3, -0.25) is 14.8 Å². The number of amides is 1. The minimum Gasteiger partial charge on any atom is -0.497 e. The number of hydrogen-bond donors (Lipinski definition) is 1. The minimum absolute atomic E-state index is 0.121. The summed E-state index contributed by atoms with van der Waals surface area (Å²) in [4.78, 5) is 15.3. The van der Waals surface area contributed by atoms with Crippen molar-refractivity contribution in [3.63, 3.8) is 0 Å². The number of ether oxygens (including phenoxy) is 1. The van der Waals surface area contributed by atoms with Crippen LogP contribution in [0.3, 0.4) is 0 Å². The summed E-state index contributed by atoms with van der Waals surface area (Å²) in [7, 11) is 1.64. The van der Waals surface area contributed by atoms with E-state index in [0.29, 0.717) is 10.7 Å². The number of halogens is 1. The summed E-state index contributed by atoms with van der Waals surface area (Å²) in [6, 6.07) is 22.9. The second-order valence-electron chi connectivity index (χ2n) is 7.55. The van der Waals surface area contributed by atoms with Gasteiger partial charge in [0.1, 0.15) is 11.4 Å². The lowest BCUT2D eigenvalue weighted by atomic mass is 9.95. The Balaban J connectivity index is 1.70. The SMILES string of the molecule is COc1ccc([C@H]2c3c(-c4ccc(C)cc4)n[nH]c3C(=O)N2c2ccc(Cl)cc2)cc1. The molecule has 1 aliphatic rings. The van der Waals surface area contributed by atoms with Gasteiger partial charge in [0.2, 0.25) is 0 Å². The fourth-order valence-electron chi connectivity index (χ4n) is 4.05. The second kappa shape index (κ2) is 7.60. The van der Waals surface area contributed by atoms with Gasteiger partial charge in [-0.15, -0.1) is 0 Å². The first-order chi connectivity index (χ1) is 15.1. The monoisotopic (exact) mass is 429 g/mol. The molecule has 0 fully saturated rings. The number of hydrogen-bond acceptors (Lipinski definition) is 3. The van der Waals surface area contributed by atoms with Gasteiger partial charge in [-0.25, -0.2) is 0 Å². The molecule has 0 saturated heterocycles. The number of carbonyl (C=O) groups excluding carboxylic acids is 1. The largest absolute Gasteiger partial charge is 0.497 e. The maximum Gasteiger partial charge on any atom is 0.277 e. The standard InChI is InChI=1S/C25H20ClN3O2/c1-15-3-5-16(6-4-15)22-21-23(28-27-22)25(30)29(19-11-9-18(26)10-12-19)24(21)17-7-13-20(31-2)14-8-17/h3-14,24H,1-2H3,(H,27,28)/t24-/m0/s1. The van der Waals surface area contributed by atoms with Crippen LogP contribution in [-0.2, 0) is 0 Å². The molecular weight excluding hydrogens is 410 g/mol. The number of aryl methyl sites for hydroxylation is 1. The number of fused-ring (bicyclic) bond motifs is 1. The van der Waals surface area contributed by atoms with E-state index >= 15 is 0 Å². The number of aromatic amines is 1. The van der Waals surface area contributed by atoms with Gasteiger partial charge in [-0.05, 0) is 48.9 Å². The van der Waals surface area contributed by atoms with Gasteiger partial charge < -0.3 is 4.74 Å².